The van der Waals surface area contributed by atoms with Crippen molar-refractivity contribution in [1.29, 1.82) is 0 Å². The molecule has 3 N–H and O–H groups in total. The van der Waals surface area contributed by atoms with Crippen LogP contribution in [0.5, 0.6) is 0 Å². The lowest BCUT2D eigenvalue weighted by molar-refractivity contribution is -0.123. The molecule has 0 aromatic heterocycles. The first-order chi connectivity index (χ1) is 9.56. The van der Waals surface area contributed by atoms with Gasteiger partial charge in [0.15, 0.2) is 0 Å². The molecule has 3 atom stereocenters. The highest BCUT2D eigenvalue weighted by molar-refractivity contribution is 6.30. The van der Waals surface area contributed by atoms with Gasteiger partial charge in [0.05, 0.1) is 6.04 Å². The lowest BCUT2D eigenvalue weighted by Gasteiger charge is -2.28. The van der Waals surface area contributed by atoms with Crippen molar-refractivity contribution < 1.29 is 4.79 Å². The number of benzene rings is 1. The maximum Gasteiger partial charge on any atom is 0.220 e. The third kappa shape index (κ3) is 4.22. The fourth-order valence-corrected chi connectivity index (χ4v) is 2.99. The lowest BCUT2D eigenvalue weighted by atomic mass is 9.83. The smallest absolute Gasteiger partial charge is 0.220 e. The van der Waals surface area contributed by atoms with Crippen LogP contribution in [0.3, 0.4) is 0 Å². The van der Waals surface area contributed by atoms with E-state index in [9.17, 15) is 4.79 Å². The van der Waals surface area contributed by atoms with Crippen molar-refractivity contribution in [1.82, 2.24) is 5.32 Å². The fraction of sp³-hybridized carbons (Fsp3) is 0.562. The van der Waals surface area contributed by atoms with Gasteiger partial charge in [-0.1, -0.05) is 36.6 Å². The first-order valence-electron chi connectivity index (χ1n) is 7.36. The van der Waals surface area contributed by atoms with E-state index in [1.807, 2.05) is 31.2 Å². The maximum absolute atomic E-state index is 12.1. The molecule has 1 aromatic rings. The van der Waals surface area contributed by atoms with E-state index in [-0.39, 0.29) is 18.0 Å². The van der Waals surface area contributed by atoms with Crippen LogP contribution in [0.25, 0.3) is 0 Å². The second-order valence-electron chi connectivity index (χ2n) is 5.75. The molecule has 1 saturated carbocycles. The van der Waals surface area contributed by atoms with Crippen LogP contribution in [-0.4, -0.2) is 11.9 Å². The van der Waals surface area contributed by atoms with Crippen molar-refractivity contribution in [3.05, 3.63) is 34.9 Å². The van der Waals surface area contributed by atoms with Crippen LogP contribution in [0.15, 0.2) is 24.3 Å². The second kappa shape index (κ2) is 7.09. The van der Waals surface area contributed by atoms with Crippen molar-refractivity contribution in [3.8, 4) is 0 Å². The maximum atomic E-state index is 12.1. The molecule has 0 saturated heterocycles. The topological polar surface area (TPSA) is 55.1 Å². The summed E-state index contributed by atoms with van der Waals surface area (Å²) in [4.78, 5) is 12.1. The molecule has 1 fully saturated rings. The Hall–Kier alpha value is -1.06. The summed E-state index contributed by atoms with van der Waals surface area (Å²) < 4.78 is 0. The van der Waals surface area contributed by atoms with E-state index < -0.39 is 0 Å². The number of amides is 1. The van der Waals surface area contributed by atoms with Crippen molar-refractivity contribution in [3.63, 3.8) is 0 Å². The summed E-state index contributed by atoms with van der Waals surface area (Å²) in [5.41, 5.74) is 7.16. The normalized spacial score (nSPS) is 24.1. The largest absolute Gasteiger partial charge is 0.350 e. The molecule has 1 amide bonds. The predicted molar refractivity (Wildman–Crippen MR) is 82.6 cm³/mol. The van der Waals surface area contributed by atoms with E-state index in [0.29, 0.717) is 17.4 Å². The van der Waals surface area contributed by atoms with Crippen LogP contribution in [0.2, 0.25) is 5.02 Å². The average molecular weight is 295 g/mol. The highest BCUT2D eigenvalue weighted by atomic mass is 35.5. The van der Waals surface area contributed by atoms with Gasteiger partial charge in [-0.15, -0.1) is 0 Å². The first-order valence-corrected chi connectivity index (χ1v) is 7.74. The Morgan fingerprint density at radius 2 is 2.00 bits per heavy atom. The van der Waals surface area contributed by atoms with E-state index in [0.717, 1.165) is 18.4 Å². The molecule has 1 aliphatic carbocycles. The highest BCUT2D eigenvalue weighted by Crippen LogP contribution is 2.26. The molecule has 0 aliphatic heterocycles. The second-order valence-corrected chi connectivity index (χ2v) is 6.19. The minimum absolute atomic E-state index is 0.000387. The molecule has 1 aromatic carbocycles. The zero-order valence-corrected chi connectivity index (χ0v) is 12.7. The SMILES string of the molecule is CC(NC(=O)CC1CCCCC1N)c1ccc(Cl)cc1. The van der Waals surface area contributed by atoms with E-state index in [2.05, 4.69) is 5.32 Å². The summed E-state index contributed by atoms with van der Waals surface area (Å²) in [5, 5.41) is 3.75. The Morgan fingerprint density at radius 1 is 1.35 bits per heavy atom. The zero-order chi connectivity index (χ0) is 14.5. The van der Waals surface area contributed by atoms with Gasteiger partial charge in [0.1, 0.15) is 0 Å². The third-order valence-electron chi connectivity index (χ3n) is 4.16. The molecule has 110 valence electrons. The van der Waals surface area contributed by atoms with Gasteiger partial charge in [0.25, 0.3) is 0 Å². The van der Waals surface area contributed by atoms with Crippen molar-refractivity contribution >= 4 is 17.5 Å². The molecule has 20 heavy (non-hydrogen) atoms. The Balaban J connectivity index is 1.85. The molecule has 0 bridgehead atoms. The van der Waals surface area contributed by atoms with Gasteiger partial charge in [0, 0.05) is 17.5 Å². The van der Waals surface area contributed by atoms with Crippen LogP contribution < -0.4 is 11.1 Å². The molecule has 1 aliphatic rings. The Labute approximate surface area is 125 Å². The molecule has 2 rings (SSSR count). The third-order valence-corrected chi connectivity index (χ3v) is 4.41. The van der Waals surface area contributed by atoms with Gasteiger partial charge < -0.3 is 11.1 Å². The number of halogens is 1. The Morgan fingerprint density at radius 3 is 2.65 bits per heavy atom. The summed E-state index contributed by atoms with van der Waals surface area (Å²) in [7, 11) is 0. The number of hydrogen-bond donors (Lipinski definition) is 2. The fourth-order valence-electron chi connectivity index (χ4n) is 2.86. The van der Waals surface area contributed by atoms with Gasteiger partial charge in [-0.25, -0.2) is 0 Å². The van der Waals surface area contributed by atoms with Gasteiger partial charge in [-0.05, 0) is 43.4 Å². The van der Waals surface area contributed by atoms with Crippen LogP contribution in [-0.2, 0) is 4.79 Å². The summed E-state index contributed by atoms with van der Waals surface area (Å²) >= 11 is 5.87. The summed E-state index contributed by atoms with van der Waals surface area (Å²) in [6.07, 6.45) is 5.05. The monoisotopic (exact) mass is 294 g/mol. The molecule has 0 spiro atoms. The molecular formula is C16H23ClN2O. The van der Waals surface area contributed by atoms with E-state index in [1.165, 1.54) is 12.8 Å². The molecule has 3 nitrogen and oxygen atoms in total. The average Bonchev–Trinajstić information content (AvgIpc) is 2.42. The number of nitrogens with one attached hydrogen (secondary N) is 1. The van der Waals surface area contributed by atoms with E-state index >= 15 is 0 Å². The van der Waals surface area contributed by atoms with E-state index in [1.54, 1.807) is 0 Å². The predicted octanol–water partition coefficient (Wildman–Crippen LogP) is 3.42. The minimum atomic E-state index is -0.000387. The standard InChI is InChI=1S/C16H23ClN2O/c1-11(12-6-8-14(17)9-7-12)19-16(20)10-13-4-2-3-5-15(13)18/h6-9,11,13,15H,2-5,10,18H2,1H3,(H,19,20). The Bertz CT molecular complexity index is 446. The molecule has 0 radical (unpaired) electrons. The number of nitrogens with two attached hydrogens (primary N) is 1. The number of rotatable bonds is 4. The van der Waals surface area contributed by atoms with Gasteiger partial charge in [-0.2, -0.15) is 0 Å². The summed E-state index contributed by atoms with van der Waals surface area (Å²) in [6, 6.07) is 7.76. The van der Waals surface area contributed by atoms with Crippen LogP contribution in [0.1, 0.15) is 50.6 Å². The van der Waals surface area contributed by atoms with Crippen LogP contribution in [0, 0.1) is 5.92 Å². The summed E-state index contributed by atoms with van der Waals surface area (Å²) in [6.45, 7) is 1.99. The number of carbonyl (C=O) groups is 1. The Kier molecular flexibility index (Phi) is 5.44. The van der Waals surface area contributed by atoms with Crippen molar-refractivity contribution in [2.24, 2.45) is 11.7 Å². The highest BCUT2D eigenvalue weighted by Gasteiger charge is 2.24. The van der Waals surface area contributed by atoms with Gasteiger partial charge in [-0.3, -0.25) is 4.79 Å². The first kappa shape index (κ1) is 15.3. The molecule has 3 unspecified atom stereocenters. The van der Waals surface area contributed by atoms with Crippen molar-refractivity contribution in [2.45, 2.75) is 51.1 Å². The molecular weight excluding hydrogens is 272 g/mol. The number of carbonyl (C=O) groups excluding carboxylic acids is 1. The number of hydrogen-bond acceptors (Lipinski definition) is 2. The van der Waals surface area contributed by atoms with E-state index in [4.69, 9.17) is 17.3 Å². The summed E-state index contributed by atoms with van der Waals surface area (Å²) in [5.74, 6) is 0.427. The quantitative estimate of drug-likeness (QED) is 0.894. The molecule has 4 heteroatoms. The van der Waals surface area contributed by atoms with Gasteiger partial charge in [0.2, 0.25) is 5.91 Å². The minimum Gasteiger partial charge on any atom is -0.350 e. The zero-order valence-electron chi connectivity index (χ0n) is 11.9. The van der Waals surface area contributed by atoms with Crippen molar-refractivity contribution in [2.75, 3.05) is 0 Å². The van der Waals surface area contributed by atoms with Crippen LogP contribution >= 0.6 is 11.6 Å². The lowest BCUT2D eigenvalue weighted by Crippen LogP contribution is -2.37. The molecule has 0 heterocycles. The van der Waals surface area contributed by atoms with Crippen LogP contribution in [0.4, 0.5) is 0 Å². The van der Waals surface area contributed by atoms with Gasteiger partial charge >= 0.3 is 0 Å².